The van der Waals surface area contributed by atoms with Crippen LogP contribution in [0.5, 0.6) is 5.75 Å². The molecule has 3 aromatic rings. The normalized spacial score (nSPS) is 11.2. The average molecular weight is 527 g/mol. The topological polar surface area (TPSA) is 84.6 Å². The lowest BCUT2D eigenvalue weighted by atomic mass is 10.3. The molecule has 156 valence electrons. The van der Waals surface area contributed by atoms with Crippen molar-refractivity contribution in [3.05, 3.63) is 58.4 Å². The first-order chi connectivity index (χ1) is 13.6. The van der Waals surface area contributed by atoms with Gasteiger partial charge in [-0.15, -0.1) is 35.3 Å². The Bertz CT molecular complexity index is 879. The second-order valence-corrected chi connectivity index (χ2v) is 7.50. The molecule has 0 saturated heterocycles. The van der Waals surface area contributed by atoms with Crippen LogP contribution in [0.15, 0.2) is 51.3 Å². The number of aliphatic imine (C=N–C) groups is 1. The van der Waals surface area contributed by atoms with Crippen LogP contribution in [0.4, 0.5) is 5.69 Å². The summed E-state index contributed by atoms with van der Waals surface area (Å²) in [5.74, 6) is 2.58. The van der Waals surface area contributed by atoms with Gasteiger partial charge in [0.1, 0.15) is 12.3 Å². The van der Waals surface area contributed by atoms with Crippen molar-refractivity contribution in [2.45, 2.75) is 39.8 Å². The van der Waals surface area contributed by atoms with E-state index in [4.69, 9.17) is 9.26 Å². The maximum absolute atomic E-state index is 5.69. The monoisotopic (exact) mass is 527 g/mol. The molecule has 0 spiro atoms. The highest BCUT2D eigenvalue weighted by Crippen LogP contribution is 2.17. The van der Waals surface area contributed by atoms with E-state index in [1.54, 1.807) is 18.3 Å². The largest absolute Gasteiger partial charge is 0.491 e. The van der Waals surface area contributed by atoms with Gasteiger partial charge in [0.05, 0.1) is 6.10 Å². The highest BCUT2D eigenvalue weighted by Gasteiger charge is 2.05. The van der Waals surface area contributed by atoms with Crippen molar-refractivity contribution in [3.8, 4) is 5.75 Å². The highest BCUT2D eigenvalue weighted by atomic mass is 127. The number of nitrogens with one attached hydrogen (secondary N) is 2. The summed E-state index contributed by atoms with van der Waals surface area (Å²) in [5.41, 5.74) is 0.917. The fraction of sp³-hybridized carbons (Fsp3) is 0.350. The third-order valence-corrected chi connectivity index (χ3v) is 4.61. The fourth-order valence-corrected chi connectivity index (χ4v) is 3.18. The van der Waals surface area contributed by atoms with E-state index >= 15 is 0 Å². The van der Waals surface area contributed by atoms with Crippen molar-refractivity contribution < 1.29 is 9.26 Å². The molecule has 3 rings (SSSR count). The number of nitrogens with zero attached hydrogens (tertiary/aromatic N) is 3. The summed E-state index contributed by atoms with van der Waals surface area (Å²) in [6.07, 6.45) is 1.08. The van der Waals surface area contributed by atoms with E-state index in [0.717, 1.165) is 24.4 Å². The number of ether oxygens (including phenoxy) is 1. The molecular formula is C20H26IN5O2S. The van der Waals surface area contributed by atoms with Crippen LogP contribution in [0.3, 0.4) is 0 Å². The molecule has 0 bridgehead atoms. The van der Waals surface area contributed by atoms with Crippen LogP contribution in [0, 0.1) is 6.92 Å². The number of aryl methyl sites for hydroxylation is 1. The van der Waals surface area contributed by atoms with Crippen LogP contribution >= 0.6 is 35.3 Å². The van der Waals surface area contributed by atoms with E-state index in [0.29, 0.717) is 24.2 Å². The van der Waals surface area contributed by atoms with Crippen LogP contribution in [-0.4, -0.2) is 28.7 Å². The Kier molecular flexibility index (Phi) is 9.39. The summed E-state index contributed by atoms with van der Waals surface area (Å²) in [7, 11) is 0. The van der Waals surface area contributed by atoms with Crippen molar-refractivity contribution in [3.63, 3.8) is 0 Å². The van der Waals surface area contributed by atoms with E-state index in [9.17, 15) is 0 Å². The first kappa shape index (κ1) is 23.1. The van der Waals surface area contributed by atoms with E-state index in [1.807, 2.05) is 38.1 Å². The number of anilines is 1. The molecule has 0 unspecified atom stereocenters. The number of rotatable bonds is 8. The van der Waals surface area contributed by atoms with Gasteiger partial charge in [-0.2, -0.15) is 4.98 Å². The Morgan fingerprint density at radius 2 is 2.03 bits per heavy atom. The predicted molar refractivity (Wildman–Crippen MR) is 127 cm³/mol. The molecule has 0 aliphatic carbocycles. The van der Waals surface area contributed by atoms with Gasteiger partial charge in [0.25, 0.3) is 0 Å². The number of thiophene rings is 1. The maximum Gasteiger partial charge on any atom is 0.248 e. The fourth-order valence-electron chi connectivity index (χ4n) is 2.48. The van der Waals surface area contributed by atoms with Crippen LogP contribution in [0.1, 0.15) is 30.4 Å². The lowest BCUT2D eigenvalue weighted by molar-refractivity contribution is 0.242. The molecule has 1 aromatic carbocycles. The highest BCUT2D eigenvalue weighted by molar-refractivity contribution is 14.0. The van der Waals surface area contributed by atoms with Gasteiger partial charge in [0.15, 0.2) is 11.8 Å². The molecule has 2 heterocycles. The molecule has 29 heavy (non-hydrogen) atoms. The van der Waals surface area contributed by atoms with E-state index < -0.39 is 0 Å². The Morgan fingerprint density at radius 1 is 1.24 bits per heavy atom. The second-order valence-electron chi connectivity index (χ2n) is 6.47. The molecule has 0 aliphatic heterocycles. The van der Waals surface area contributed by atoms with Crippen LogP contribution in [-0.2, 0) is 13.0 Å². The van der Waals surface area contributed by atoms with Crippen LogP contribution in [0.25, 0.3) is 0 Å². The summed E-state index contributed by atoms with van der Waals surface area (Å²) in [6.45, 7) is 6.88. The molecule has 7 nitrogen and oxygen atoms in total. The Labute approximate surface area is 192 Å². The number of hydrogen-bond donors (Lipinski definition) is 2. The van der Waals surface area contributed by atoms with Crippen LogP contribution < -0.4 is 15.4 Å². The van der Waals surface area contributed by atoms with E-state index in [-0.39, 0.29) is 30.1 Å². The molecule has 2 aromatic heterocycles. The number of aromatic nitrogens is 2. The van der Waals surface area contributed by atoms with Gasteiger partial charge < -0.3 is 19.9 Å². The van der Waals surface area contributed by atoms with Crippen molar-refractivity contribution in [1.29, 1.82) is 0 Å². The molecule has 0 saturated carbocycles. The number of halogens is 1. The summed E-state index contributed by atoms with van der Waals surface area (Å²) in [4.78, 5) is 10.1. The zero-order valence-corrected chi connectivity index (χ0v) is 19.9. The van der Waals surface area contributed by atoms with Crippen LogP contribution in [0.2, 0.25) is 0 Å². The average Bonchev–Trinajstić information content (AvgIpc) is 3.32. The predicted octanol–water partition coefficient (Wildman–Crippen LogP) is 4.65. The van der Waals surface area contributed by atoms with Gasteiger partial charge >= 0.3 is 0 Å². The third kappa shape index (κ3) is 8.01. The summed E-state index contributed by atoms with van der Waals surface area (Å²) in [6, 6.07) is 12.0. The second kappa shape index (κ2) is 11.8. The molecule has 0 radical (unpaired) electrons. The first-order valence-electron chi connectivity index (χ1n) is 9.22. The van der Waals surface area contributed by atoms with E-state index in [1.165, 1.54) is 4.88 Å². The summed E-state index contributed by atoms with van der Waals surface area (Å²) in [5, 5.41) is 12.6. The third-order valence-electron chi connectivity index (χ3n) is 3.67. The number of hydrogen-bond acceptors (Lipinski definition) is 6. The molecule has 0 aliphatic rings. The minimum atomic E-state index is 0. The SMILES string of the molecule is Cc1noc(CN=C(NCCc2cccs2)Nc2ccc(OC(C)C)cc2)n1.I. The van der Waals surface area contributed by atoms with Crippen molar-refractivity contribution in [2.24, 2.45) is 4.99 Å². The number of guanidine groups is 1. The van der Waals surface area contributed by atoms with E-state index in [2.05, 4.69) is 43.3 Å². The van der Waals surface area contributed by atoms with Gasteiger partial charge in [-0.1, -0.05) is 11.2 Å². The lowest BCUT2D eigenvalue weighted by Crippen LogP contribution is -2.32. The zero-order chi connectivity index (χ0) is 19.8. The van der Waals surface area contributed by atoms with Gasteiger partial charge in [-0.3, -0.25) is 0 Å². The molecule has 2 N–H and O–H groups in total. The lowest BCUT2D eigenvalue weighted by Gasteiger charge is -2.13. The van der Waals surface area contributed by atoms with Crippen molar-refractivity contribution in [1.82, 2.24) is 15.5 Å². The smallest absolute Gasteiger partial charge is 0.248 e. The summed E-state index contributed by atoms with van der Waals surface area (Å²) < 4.78 is 10.8. The minimum absolute atomic E-state index is 0. The Hall–Kier alpha value is -2.14. The first-order valence-corrected chi connectivity index (χ1v) is 10.1. The van der Waals surface area contributed by atoms with Gasteiger partial charge in [-0.25, -0.2) is 4.99 Å². The number of benzene rings is 1. The van der Waals surface area contributed by atoms with Crippen molar-refractivity contribution in [2.75, 3.05) is 11.9 Å². The molecule has 0 fully saturated rings. The Balaban J connectivity index is 0.00000300. The molecule has 0 atom stereocenters. The van der Waals surface area contributed by atoms with Gasteiger partial charge in [0.2, 0.25) is 5.89 Å². The quantitative estimate of drug-likeness (QED) is 0.252. The molecular weight excluding hydrogens is 501 g/mol. The van der Waals surface area contributed by atoms with Gasteiger partial charge in [-0.05, 0) is 62.9 Å². The molecule has 9 heteroatoms. The minimum Gasteiger partial charge on any atom is -0.491 e. The standard InChI is InChI=1S/C20H25N5O2S.HI/c1-14(2)26-17-8-6-16(7-9-17)24-20(21-11-10-18-5-4-12-28-18)22-13-19-23-15(3)25-27-19;/h4-9,12,14H,10-11,13H2,1-3H3,(H2,21,22,24);1H. The molecule has 0 amide bonds. The summed E-state index contributed by atoms with van der Waals surface area (Å²) >= 11 is 1.75. The Morgan fingerprint density at radius 3 is 2.66 bits per heavy atom. The van der Waals surface area contributed by atoms with Gasteiger partial charge in [0, 0.05) is 17.1 Å². The zero-order valence-electron chi connectivity index (χ0n) is 16.7. The van der Waals surface area contributed by atoms with Crippen molar-refractivity contribution >= 4 is 47.0 Å². The maximum atomic E-state index is 5.69.